The largest absolute Gasteiger partial charge is 0.497 e. The fraction of sp³-hybridized carbons (Fsp3) is 0.143. The van der Waals surface area contributed by atoms with Gasteiger partial charge in [-0.3, -0.25) is 0 Å². The van der Waals surface area contributed by atoms with Crippen molar-refractivity contribution in [2.24, 2.45) is 5.73 Å². The predicted molar refractivity (Wildman–Crippen MR) is 82.4 cm³/mol. The van der Waals surface area contributed by atoms with Gasteiger partial charge in [0.05, 0.1) is 13.2 Å². The molecule has 0 saturated heterocycles. The molecule has 3 aromatic rings. The molecular weight excluding hydrogens is 280 g/mol. The molecule has 0 unspecified atom stereocenters. The van der Waals surface area contributed by atoms with Crippen molar-refractivity contribution in [1.82, 2.24) is 4.98 Å². The number of H-pyrrole nitrogens is 1. The minimum Gasteiger partial charge on any atom is -0.497 e. The average molecular weight is 295 g/mol. The Morgan fingerprint density at radius 2 is 2.16 bits per heavy atom. The quantitative estimate of drug-likeness (QED) is 0.774. The van der Waals surface area contributed by atoms with Crippen LogP contribution in [0.25, 0.3) is 10.9 Å². The van der Waals surface area contributed by atoms with E-state index in [1.54, 1.807) is 18.4 Å². The Balaban J connectivity index is 0.00000133. The molecule has 3 rings (SSSR count). The van der Waals surface area contributed by atoms with Gasteiger partial charge in [-0.2, -0.15) is 0 Å². The predicted octanol–water partition coefficient (Wildman–Crippen LogP) is 3.71. The van der Waals surface area contributed by atoms with Gasteiger partial charge in [0, 0.05) is 22.0 Å². The van der Waals surface area contributed by atoms with Gasteiger partial charge in [0.25, 0.3) is 0 Å². The third-order valence-electron chi connectivity index (χ3n) is 3.11. The molecule has 0 radical (unpaired) electrons. The molecule has 3 N–H and O–H groups in total. The summed E-state index contributed by atoms with van der Waals surface area (Å²) in [6.07, 6.45) is 1.98. The maximum absolute atomic E-state index is 6.31. The number of thiophene rings is 1. The average Bonchev–Trinajstić information content (AvgIpc) is 3.06. The number of hydrogen-bond acceptors (Lipinski definition) is 3. The monoisotopic (exact) mass is 294 g/mol. The molecule has 2 heterocycles. The molecule has 1 aromatic carbocycles. The van der Waals surface area contributed by atoms with Crippen molar-refractivity contribution in [3.8, 4) is 5.75 Å². The first-order chi connectivity index (χ1) is 8.79. The zero-order chi connectivity index (χ0) is 12.5. The van der Waals surface area contributed by atoms with Crippen LogP contribution in [0, 0.1) is 0 Å². The van der Waals surface area contributed by atoms with E-state index < -0.39 is 0 Å². The minimum absolute atomic E-state index is 0. The van der Waals surface area contributed by atoms with E-state index >= 15 is 0 Å². The summed E-state index contributed by atoms with van der Waals surface area (Å²) in [6.45, 7) is 0. The molecule has 2 aromatic heterocycles. The van der Waals surface area contributed by atoms with Gasteiger partial charge in [-0.05, 0) is 35.2 Å². The Hall–Kier alpha value is -1.49. The van der Waals surface area contributed by atoms with Crippen LogP contribution >= 0.6 is 23.7 Å². The fourth-order valence-electron chi connectivity index (χ4n) is 2.13. The van der Waals surface area contributed by atoms with E-state index in [0.717, 1.165) is 22.2 Å². The van der Waals surface area contributed by atoms with Crippen molar-refractivity contribution >= 4 is 34.6 Å². The van der Waals surface area contributed by atoms with E-state index in [4.69, 9.17) is 10.5 Å². The Bertz CT molecular complexity index is 663. The minimum atomic E-state index is -0.0918. The van der Waals surface area contributed by atoms with Crippen LogP contribution in [0.3, 0.4) is 0 Å². The van der Waals surface area contributed by atoms with Crippen molar-refractivity contribution in [2.45, 2.75) is 6.04 Å². The summed E-state index contributed by atoms with van der Waals surface area (Å²) < 4.78 is 5.27. The molecule has 19 heavy (non-hydrogen) atoms. The second-order valence-electron chi connectivity index (χ2n) is 4.15. The smallest absolute Gasteiger partial charge is 0.119 e. The van der Waals surface area contributed by atoms with Crippen LogP contribution in [0.15, 0.2) is 41.9 Å². The van der Waals surface area contributed by atoms with Gasteiger partial charge in [0.15, 0.2) is 0 Å². The normalized spacial score (nSPS) is 12.1. The molecule has 0 aliphatic carbocycles. The van der Waals surface area contributed by atoms with Crippen LogP contribution in [-0.2, 0) is 0 Å². The van der Waals surface area contributed by atoms with Gasteiger partial charge in [-0.25, -0.2) is 0 Å². The van der Waals surface area contributed by atoms with Crippen molar-refractivity contribution < 1.29 is 4.74 Å². The molecule has 0 amide bonds. The van der Waals surface area contributed by atoms with Crippen molar-refractivity contribution in [3.05, 3.63) is 52.3 Å². The van der Waals surface area contributed by atoms with Gasteiger partial charge < -0.3 is 15.5 Å². The lowest BCUT2D eigenvalue weighted by Crippen LogP contribution is -2.09. The Kier molecular flexibility index (Phi) is 4.14. The summed E-state index contributed by atoms with van der Waals surface area (Å²) >= 11 is 1.68. The molecular formula is C14H15ClN2OS. The number of aromatic amines is 1. The number of nitrogens with two attached hydrogens (primary N) is 1. The molecule has 100 valence electrons. The van der Waals surface area contributed by atoms with Gasteiger partial charge in [-0.15, -0.1) is 23.7 Å². The molecule has 0 saturated carbocycles. The van der Waals surface area contributed by atoms with Gasteiger partial charge in [-0.1, -0.05) is 6.07 Å². The van der Waals surface area contributed by atoms with Crippen molar-refractivity contribution in [3.63, 3.8) is 0 Å². The summed E-state index contributed by atoms with van der Waals surface area (Å²) in [4.78, 5) is 4.42. The third-order valence-corrected chi connectivity index (χ3v) is 4.06. The first-order valence-corrected chi connectivity index (χ1v) is 6.61. The number of benzene rings is 1. The number of hydrogen-bond donors (Lipinski definition) is 2. The topological polar surface area (TPSA) is 51.0 Å². The number of methoxy groups -OCH3 is 1. The highest BCUT2D eigenvalue weighted by Gasteiger charge is 2.14. The molecule has 3 nitrogen and oxygen atoms in total. The molecule has 0 aliphatic rings. The highest BCUT2D eigenvalue weighted by atomic mass is 35.5. The number of ether oxygens (including phenoxy) is 1. The first-order valence-electron chi connectivity index (χ1n) is 5.73. The highest BCUT2D eigenvalue weighted by Crippen LogP contribution is 2.31. The van der Waals surface area contributed by atoms with Crippen LogP contribution in [0.2, 0.25) is 0 Å². The zero-order valence-electron chi connectivity index (χ0n) is 10.4. The molecule has 5 heteroatoms. The summed E-state index contributed by atoms with van der Waals surface area (Å²) in [5.41, 5.74) is 8.50. The SMILES string of the molecule is COc1ccc2[nH]cc([C@H](N)c3cccs3)c2c1.Cl. The number of fused-ring (bicyclic) bond motifs is 1. The first kappa shape index (κ1) is 13.9. The zero-order valence-corrected chi connectivity index (χ0v) is 12.1. The maximum atomic E-state index is 6.31. The van der Waals surface area contributed by atoms with Crippen LogP contribution in [-0.4, -0.2) is 12.1 Å². The van der Waals surface area contributed by atoms with Crippen molar-refractivity contribution in [2.75, 3.05) is 7.11 Å². The van der Waals surface area contributed by atoms with Gasteiger partial charge >= 0.3 is 0 Å². The standard InChI is InChI=1S/C14H14N2OS.ClH/c1-17-9-4-5-12-10(7-9)11(8-16-12)14(15)13-3-2-6-18-13;/h2-8,14,16H,15H2,1H3;1H/t14-;/m0./s1. The Labute approximate surface area is 121 Å². The number of aromatic nitrogens is 1. The van der Waals surface area contributed by atoms with Gasteiger partial charge in [0.1, 0.15) is 5.75 Å². The van der Waals surface area contributed by atoms with E-state index in [0.29, 0.717) is 0 Å². The summed E-state index contributed by atoms with van der Waals surface area (Å²) in [7, 11) is 1.67. The fourth-order valence-corrected chi connectivity index (χ4v) is 2.87. The lowest BCUT2D eigenvalue weighted by molar-refractivity contribution is 0.415. The molecule has 0 spiro atoms. The third kappa shape index (κ3) is 2.47. The number of nitrogens with one attached hydrogen (secondary N) is 1. The van der Waals surface area contributed by atoms with E-state index in [2.05, 4.69) is 11.1 Å². The summed E-state index contributed by atoms with van der Waals surface area (Å²) in [6, 6.07) is 9.97. The maximum Gasteiger partial charge on any atom is 0.119 e. The van der Waals surface area contributed by atoms with Gasteiger partial charge in [0.2, 0.25) is 0 Å². The second kappa shape index (κ2) is 5.65. The van der Waals surface area contributed by atoms with E-state index in [-0.39, 0.29) is 18.4 Å². The highest BCUT2D eigenvalue weighted by molar-refractivity contribution is 7.10. The summed E-state index contributed by atoms with van der Waals surface area (Å²) in [5, 5.41) is 3.17. The Morgan fingerprint density at radius 1 is 1.32 bits per heavy atom. The summed E-state index contributed by atoms with van der Waals surface area (Å²) in [5.74, 6) is 0.849. The van der Waals surface area contributed by atoms with Crippen LogP contribution in [0.5, 0.6) is 5.75 Å². The molecule has 0 aliphatic heterocycles. The lowest BCUT2D eigenvalue weighted by atomic mass is 10.1. The van der Waals surface area contributed by atoms with Crippen LogP contribution in [0.4, 0.5) is 0 Å². The molecule has 0 fully saturated rings. The van der Waals surface area contributed by atoms with Crippen LogP contribution < -0.4 is 10.5 Å². The second-order valence-corrected chi connectivity index (χ2v) is 5.13. The van der Waals surface area contributed by atoms with E-state index in [1.807, 2.05) is 35.8 Å². The molecule has 1 atom stereocenters. The number of halogens is 1. The van der Waals surface area contributed by atoms with Crippen molar-refractivity contribution in [1.29, 1.82) is 0 Å². The van der Waals surface area contributed by atoms with E-state index in [1.165, 1.54) is 4.88 Å². The Morgan fingerprint density at radius 3 is 2.84 bits per heavy atom. The van der Waals surface area contributed by atoms with E-state index in [9.17, 15) is 0 Å². The molecule has 0 bridgehead atoms. The van der Waals surface area contributed by atoms with Crippen LogP contribution in [0.1, 0.15) is 16.5 Å². The number of rotatable bonds is 3. The lowest BCUT2D eigenvalue weighted by Gasteiger charge is -2.08.